The van der Waals surface area contributed by atoms with Crippen molar-refractivity contribution in [2.45, 2.75) is 58.7 Å². The maximum Gasteiger partial charge on any atom is 0.245 e. The Morgan fingerprint density at radius 2 is 2.17 bits per heavy atom. The molecule has 0 aromatic carbocycles. The number of hydrogen-bond acceptors (Lipinski definition) is 4. The second-order valence-electron chi connectivity index (χ2n) is 5.55. The fraction of sp³-hybridized carbons (Fsp3) is 0.750. The molecule has 0 radical (unpaired) electrons. The van der Waals surface area contributed by atoms with Crippen LogP contribution < -0.4 is 11.1 Å². The Labute approximate surface area is 108 Å². The summed E-state index contributed by atoms with van der Waals surface area (Å²) in [6.45, 7) is 9.60. The lowest BCUT2D eigenvalue weighted by molar-refractivity contribution is -0.125. The number of rotatable bonds is 4. The highest BCUT2D eigenvalue weighted by atomic mass is 16.2. The molecule has 6 nitrogen and oxygen atoms in total. The van der Waals surface area contributed by atoms with Crippen LogP contribution in [0.4, 0.5) is 0 Å². The highest BCUT2D eigenvalue weighted by Crippen LogP contribution is 2.13. The molecule has 1 aromatic heterocycles. The van der Waals surface area contributed by atoms with E-state index in [-0.39, 0.29) is 17.5 Å². The van der Waals surface area contributed by atoms with Gasteiger partial charge in [-0.15, -0.1) is 5.10 Å². The molecule has 0 spiro atoms. The van der Waals surface area contributed by atoms with E-state index in [2.05, 4.69) is 15.6 Å². The smallest absolute Gasteiger partial charge is 0.245 e. The molecule has 18 heavy (non-hydrogen) atoms. The third-order valence-corrected chi connectivity index (χ3v) is 2.62. The maximum atomic E-state index is 12.0. The fourth-order valence-electron chi connectivity index (χ4n) is 1.45. The Kier molecular flexibility index (Phi) is 4.45. The van der Waals surface area contributed by atoms with Gasteiger partial charge < -0.3 is 11.1 Å². The topological polar surface area (TPSA) is 85.8 Å². The van der Waals surface area contributed by atoms with Crippen molar-refractivity contribution in [3.63, 3.8) is 0 Å². The van der Waals surface area contributed by atoms with Gasteiger partial charge in [0.1, 0.15) is 6.04 Å². The van der Waals surface area contributed by atoms with Crippen molar-refractivity contribution >= 4 is 5.91 Å². The summed E-state index contributed by atoms with van der Waals surface area (Å²) in [4.78, 5) is 12.0. The van der Waals surface area contributed by atoms with Crippen molar-refractivity contribution in [3.8, 4) is 0 Å². The van der Waals surface area contributed by atoms with E-state index in [0.717, 1.165) is 6.42 Å². The SMILES string of the molecule is CCC(N)c1cn(C(C)C(=O)NC(C)(C)C)nn1. The monoisotopic (exact) mass is 253 g/mol. The van der Waals surface area contributed by atoms with Gasteiger partial charge in [-0.3, -0.25) is 4.79 Å². The lowest BCUT2D eigenvalue weighted by atomic mass is 10.1. The van der Waals surface area contributed by atoms with Crippen LogP contribution in [0.5, 0.6) is 0 Å². The quantitative estimate of drug-likeness (QED) is 0.843. The molecule has 1 aromatic rings. The number of nitrogens with two attached hydrogens (primary N) is 1. The number of amides is 1. The third kappa shape index (κ3) is 3.80. The Bertz CT molecular complexity index is 407. The van der Waals surface area contributed by atoms with Crippen LogP contribution in [0.1, 0.15) is 58.8 Å². The molecule has 1 amide bonds. The number of carbonyl (C=O) groups excluding carboxylic acids is 1. The molecule has 3 N–H and O–H groups in total. The molecule has 2 atom stereocenters. The Hall–Kier alpha value is -1.43. The Balaban J connectivity index is 2.75. The molecule has 0 saturated carbocycles. The van der Waals surface area contributed by atoms with Crippen LogP contribution >= 0.6 is 0 Å². The van der Waals surface area contributed by atoms with E-state index in [9.17, 15) is 4.79 Å². The minimum absolute atomic E-state index is 0.0796. The fourth-order valence-corrected chi connectivity index (χ4v) is 1.45. The van der Waals surface area contributed by atoms with Crippen LogP contribution in [0, 0.1) is 0 Å². The molecule has 0 fully saturated rings. The van der Waals surface area contributed by atoms with E-state index in [4.69, 9.17) is 5.73 Å². The normalized spacial score (nSPS) is 15.2. The number of hydrogen-bond donors (Lipinski definition) is 2. The van der Waals surface area contributed by atoms with Crippen molar-refractivity contribution in [3.05, 3.63) is 11.9 Å². The van der Waals surface area contributed by atoms with Crippen molar-refractivity contribution < 1.29 is 4.79 Å². The molecule has 6 heteroatoms. The van der Waals surface area contributed by atoms with Crippen LogP contribution in [0.3, 0.4) is 0 Å². The van der Waals surface area contributed by atoms with Crippen LogP contribution in [0.15, 0.2) is 6.20 Å². The molecule has 0 aliphatic rings. The van der Waals surface area contributed by atoms with Crippen LogP contribution in [0.2, 0.25) is 0 Å². The summed E-state index contributed by atoms with van der Waals surface area (Å²) in [5.41, 5.74) is 6.33. The maximum absolute atomic E-state index is 12.0. The minimum Gasteiger partial charge on any atom is -0.350 e. The lowest BCUT2D eigenvalue weighted by Crippen LogP contribution is -2.43. The highest BCUT2D eigenvalue weighted by Gasteiger charge is 2.22. The van der Waals surface area contributed by atoms with Gasteiger partial charge in [0.05, 0.1) is 17.9 Å². The van der Waals surface area contributed by atoms with Gasteiger partial charge in [-0.25, -0.2) is 4.68 Å². The van der Waals surface area contributed by atoms with Crippen molar-refractivity contribution in [1.82, 2.24) is 20.3 Å². The standard InChI is InChI=1S/C12H23N5O/c1-6-9(13)10-7-17(16-15-10)8(2)11(18)14-12(3,4)5/h7-9H,6,13H2,1-5H3,(H,14,18). The molecule has 1 rings (SSSR count). The van der Waals surface area contributed by atoms with Crippen LogP contribution in [-0.4, -0.2) is 26.4 Å². The Morgan fingerprint density at radius 3 is 2.67 bits per heavy atom. The molecule has 0 aliphatic carbocycles. The zero-order valence-corrected chi connectivity index (χ0v) is 11.8. The summed E-state index contributed by atoms with van der Waals surface area (Å²) in [5.74, 6) is -0.0796. The van der Waals surface area contributed by atoms with Crippen LogP contribution in [0.25, 0.3) is 0 Å². The lowest BCUT2D eigenvalue weighted by Gasteiger charge is -2.23. The third-order valence-electron chi connectivity index (χ3n) is 2.62. The van der Waals surface area contributed by atoms with Gasteiger partial charge in [-0.05, 0) is 34.1 Å². The number of aromatic nitrogens is 3. The molecule has 102 valence electrons. The predicted molar refractivity (Wildman–Crippen MR) is 69.8 cm³/mol. The molecular formula is C12H23N5O. The first-order valence-corrected chi connectivity index (χ1v) is 6.24. The zero-order valence-electron chi connectivity index (χ0n) is 11.8. The first kappa shape index (κ1) is 14.6. The molecule has 0 saturated heterocycles. The average Bonchev–Trinajstić information content (AvgIpc) is 2.73. The van der Waals surface area contributed by atoms with Gasteiger partial charge in [0.15, 0.2) is 0 Å². The summed E-state index contributed by atoms with van der Waals surface area (Å²) in [7, 11) is 0. The Morgan fingerprint density at radius 1 is 1.56 bits per heavy atom. The van der Waals surface area contributed by atoms with Crippen molar-refractivity contribution in [2.75, 3.05) is 0 Å². The molecular weight excluding hydrogens is 230 g/mol. The van der Waals surface area contributed by atoms with E-state index in [1.807, 2.05) is 27.7 Å². The first-order chi connectivity index (χ1) is 8.24. The number of nitrogens with one attached hydrogen (secondary N) is 1. The van der Waals surface area contributed by atoms with E-state index in [1.54, 1.807) is 17.8 Å². The largest absolute Gasteiger partial charge is 0.350 e. The zero-order chi connectivity index (χ0) is 13.9. The first-order valence-electron chi connectivity index (χ1n) is 6.24. The van der Waals surface area contributed by atoms with Crippen LogP contribution in [-0.2, 0) is 4.79 Å². The summed E-state index contributed by atoms with van der Waals surface area (Å²) >= 11 is 0. The minimum atomic E-state index is -0.394. The van der Waals surface area contributed by atoms with E-state index in [0.29, 0.717) is 5.69 Å². The van der Waals surface area contributed by atoms with Crippen molar-refractivity contribution in [1.29, 1.82) is 0 Å². The van der Waals surface area contributed by atoms with Gasteiger partial charge in [0.2, 0.25) is 5.91 Å². The average molecular weight is 253 g/mol. The molecule has 2 unspecified atom stereocenters. The summed E-state index contributed by atoms with van der Waals surface area (Å²) in [6.07, 6.45) is 2.53. The van der Waals surface area contributed by atoms with E-state index < -0.39 is 6.04 Å². The van der Waals surface area contributed by atoms with E-state index >= 15 is 0 Å². The van der Waals surface area contributed by atoms with Crippen molar-refractivity contribution in [2.24, 2.45) is 5.73 Å². The van der Waals surface area contributed by atoms with Gasteiger partial charge in [-0.2, -0.15) is 0 Å². The number of carbonyl (C=O) groups is 1. The van der Waals surface area contributed by atoms with Gasteiger partial charge in [0.25, 0.3) is 0 Å². The van der Waals surface area contributed by atoms with E-state index in [1.165, 1.54) is 0 Å². The van der Waals surface area contributed by atoms with Gasteiger partial charge in [-0.1, -0.05) is 12.1 Å². The molecule has 1 heterocycles. The second kappa shape index (κ2) is 5.48. The highest BCUT2D eigenvalue weighted by molar-refractivity contribution is 5.80. The van der Waals surface area contributed by atoms with Gasteiger partial charge in [0, 0.05) is 5.54 Å². The van der Waals surface area contributed by atoms with Gasteiger partial charge >= 0.3 is 0 Å². The molecule has 0 bridgehead atoms. The number of nitrogens with zero attached hydrogens (tertiary/aromatic N) is 3. The molecule has 0 aliphatic heterocycles. The summed E-state index contributed by atoms with van der Waals surface area (Å²) < 4.78 is 1.55. The predicted octanol–water partition coefficient (Wildman–Crippen LogP) is 1.16. The second-order valence-corrected chi connectivity index (χ2v) is 5.55. The summed E-state index contributed by atoms with van der Waals surface area (Å²) in [5, 5.41) is 10.9. The summed E-state index contributed by atoms with van der Waals surface area (Å²) in [6, 6.07) is -0.522.